The third kappa shape index (κ3) is 2.65. The number of aromatic nitrogens is 1. The van der Waals surface area contributed by atoms with Crippen molar-refractivity contribution >= 4 is 16.9 Å². The standard InChI is InChI=1S/C16H19NO4/c1-2-8-17-12-7-6-11(10-14(12)21-16(17)19)15(18)13-5-3-4-9-20-13/h6-7,10,13H,2-5,8-9H2,1H3. The molecular weight excluding hydrogens is 270 g/mol. The van der Waals surface area contributed by atoms with Crippen LogP contribution in [0.25, 0.3) is 11.1 Å². The van der Waals surface area contributed by atoms with Crippen LogP contribution in [-0.4, -0.2) is 23.1 Å². The molecule has 0 bridgehead atoms. The maximum Gasteiger partial charge on any atom is 0.419 e. The number of nitrogens with zero attached hydrogens (tertiary/aromatic N) is 1. The van der Waals surface area contributed by atoms with Gasteiger partial charge in [0.15, 0.2) is 11.4 Å². The number of rotatable bonds is 4. The van der Waals surface area contributed by atoms with Gasteiger partial charge in [-0.15, -0.1) is 0 Å². The predicted octanol–water partition coefficient (Wildman–Crippen LogP) is 2.76. The molecule has 0 amide bonds. The van der Waals surface area contributed by atoms with Crippen molar-refractivity contribution in [1.82, 2.24) is 4.57 Å². The minimum Gasteiger partial charge on any atom is -0.408 e. The van der Waals surface area contributed by atoms with Crippen LogP contribution in [0.1, 0.15) is 43.0 Å². The van der Waals surface area contributed by atoms with Gasteiger partial charge < -0.3 is 9.15 Å². The van der Waals surface area contributed by atoms with Crippen LogP contribution < -0.4 is 5.76 Å². The van der Waals surface area contributed by atoms with Crippen LogP contribution in [0, 0.1) is 0 Å². The molecule has 1 unspecified atom stereocenters. The van der Waals surface area contributed by atoms with Crippen LogP contribution in [-0.2, 0) is 11.3 Å². The molecule has 0 spiro atoms. The highest BCUT2D eigenvalue weighted by molar-refractivity contribution is 6.01. The molecule has 1 aliphatic rings. The summed E-state index contributed by atoms with van der Waals surface area (Å²) in [6.07, 6.45) is 3.28. The Morgan fingerprint density at radius 2 is 2.24 bits per heavy atom. The van der Waals surface area contributed by atoms with E-state index in [0.717, 1.165) is 31.2 Å². The van der Waals surface area contributed by atoms with E-state index in [1.807, 2.05) is 6.92 Å². The normalized spacial score (nSPS) is 19.0. The van der Waals surface area contributed by atoms with Crippen LogP contribution in [0.3, 0.4) is 0 Å². The summed E-state index contributed by atoms with van der Waals surface area (Å²) in [4.78, 5) is 24.2. The number of aryl methyl sites for hydroxylation is 1. The van der Waals surface area contributed by atoms with Crippen molar-refractivity contribution in [2.75, 3.05) is 6.61 Å². The number of benzene rings is 1. The average Bonchev–Trinajstić information content (AvgIpc) is 2.83. The molecule has 2 heterocycles. The highest BCUT2D eigenvalue weighted by atomic mass is 16.5. The fourth-order valence-electron chi connectivity index (χ4n) is 2.79. The number of Topliss-reactive ketones (excluding diaryl/α,β-unsaturated/α-hetero) is 1. The zero-order valence-electron chi connectivity index (χ0n) is 12.1. The van der Waals surface area contributed by atoms with Gasteiger partial charge in [-0.2, -0.15) is 0 Å². The fourth-order valence-corrected chi connectivity index (χ4v) is 2.79. The molecule has 0 N–H and O–H groups in total. The number of carbonyl (C=O) groups is 1. The van der Waals surface area contributed by atoms with E-state index in [4.69, 9.17) is 9.15 Å². The van der Waals surface area contributed by atoms with Gasteiger partial charge in [0.1, 0.15) is 6.10 Å². The summed E-state index contributed by atoms with van der Waals surface area (Å²) >= 11 is 0. The summed E-state index contributed by atoms with van der Waals surface area (Å²) in [6.45, 7) is 3.26. The molecule has 1 fully saturated rings. The predicted molar refractivity (Wildman–Crippen MR) is 78.7 cm³/mol. The molecule has 1 aliphatic heterocycles. The Morgan fingerprint density at radius 1 is 1.38 bits per heavy atom. The van der Waals surface area contributed by atoms with Crippen molar-refractivity contribution < 1.29 is 13.9 Å². The van der Waals surface area contributed by atoms with E-state index in [-0.39, 0.29) is 17.6 Å². The number of hydrogen-bond acceptors (Lipinski definition) is 4. The van der Waals surface area contributed by atoms with E-state index in [9.17, 15) is 9.59 Å². The molecule has 0 saturated carbocycles. The quantitative estimate of drug-likeness (QED) is 0.812. The Labute approximate surface area is 122 Å². The third-order valence-corrected chi connectivity index (χ3v) is 3.87. The van der Waals surface area contributed by atoms with Gasteiger partial charge in [-0.05, 0) is 43.9 Å². The maximum absolute atomic E-state index is 12.4. The van der Waals surface area contributed by atoms with Gasteiger partial charge in [0.2, 0.25) is 0 Å². The SMILES string of the molecule is CCCn1c(=O)oc2cc(C(=O)C3CCCCO3)ccc21. The summed E-state index contributed by atoms with van der Waals surface area (Å²) < 4.78 is 12.4. The van der Waals surface area contributed by atoms with E-state index in [1.165, 1.54) is 0 Å². The van der Waals surface area contributed by atoms with E-state index in [1.54, 1.807) is 22.8 Å². The lowest BCUT2D eigenvalue weighted by atomic mass is 10.00. The molecule has 1 aromatic carbocycles. The third-order valence-electron chi connectivity index (χ3n) is 3.87. The molecular formula is C16H19NO4. The first-order chi connectivity index (χ1) is 10.2. The summed E-state index contributed by atoms with van der Waals surface area (Å²) in [5.41, 5.74) is 1.75. The van der Waals surface area contributed by atoms with Crippen molar-refractivity contribution in [2.24, 2.45) is 0 Å². The van der Waals surface area contributed by atoms with E-state index >= 15 is 0 Å². The fraction of sp³-hybridized carbons (Fsp3) is 0.500. The first kappa shape index (κ1) is 14.1. The van der Waals surface area contributed by atoms with Gasteiger partial charge in [0.05, 0.1) is 5.52 Å². The maximum atomic E-state index is 12.4. The first-order valence-electron chi connectivity index (χ1n) is 7.50. The van der Waals surface area contributed by atoms with Gasteiger partial charge in [-0.25, -0.2) is 4.79 Å². The van der Waals surface area contributed by atoms with E-state index in [0.29, 0.717) is 24.3 Å². The minimum atomic E-state index is -0.370. The van der Waals surface area contributed by atoms with Crippen molar-refractivity contribution in [3.8, 4) is 0 Å². The lowest BCUT2D eigenvalue weighted by Crippen LogP contribution is -2.28. The Hall–Kier alpha value is -1.88. The van der Waals surface area contributed by atoms with Crippen LogP contribution in [0.4, 0.5) is 0 Å². The van der Waals surface area contributed by atoms with Gasteiger partial charge in [-0.1, -0.05) is 6.92 Å². The van der Waals surface area contributed by atoms with E-state index < -0.39 is 0 Å². The number of ketones is 1. The van der Waals surface area contributed by atoms with E-state index in [2.05, 4.69) is 0 Å². The van der Waals surface area contributed by atoms with Crippen molar-refractivity contribution in [2.45, 2.75) is 45.3 Å². The highest BCUT2D eigenvalue weighted by Crippen LogP contribution is 2.21. The number of oxazole rings is 1. The van der Waals surface area contributed by atoms with Crippen LogP contribution in [0.5, 0.6) is 0 Å². The van der Waals surface area contributed by atoms with Crippen LogP contribution in [0.2, 0.25) is 0 Å². The molecule has 5 heteroatoms. The molecule has 0 radical (unpaired) electrons. The Kier molecular flexibility index (Phi) is 3.92. The number of carbonyl (C=O) groups excluding carboxylic acids is 1. The molecule has 5 nitrogen and oxygen atoms in total. The topological polar surface area (TPSA) is 61.4 Å². The van der Waals surface area contributed by atoms with Gasteiger partial charge in [-0.3, -0.25) is 9.36 Å². The molecule has 2 aromatic rings. The van der Waals surface area contributed by atoms with Gasteiger partial charge in [0, 0.05) is 18.7 Å². The summed E-state index contributed by atoms with van der Waals surface area (Å²) in [5.74, 6) is -0.396. The van der Waals surface area contributed by atoms with Gasteiger partial charge in [0.25, 0.3) is 0 Å². The molecule has 1 saturated heterocycles. The molecule has 1 aromatic heterocycles. The molecule has 3 rings (SSSR count). The monoisotopic (exact) mass is 289 g/mol. The van der Waals surface area contributed by atoms with Crippen LogP contribution >= 0.6 is 0 Å². The Morgan fingerprint density at radius 3 is 2.95 bits per heavy atom. The summed E-state index contributed by atoms with van der Waals surface area (Å²) in [7, 11) is 0. The van der Waals surface area contributed by atoms with Crippen molar-refractivity contribution in [3.05, 3.63) is 34.3 Å². The summed E-state index contributed by atoms with van der Waals surface area (Å²) in [5, 5.41) is 0. The largest absolute Gasteiger partial charge is 0.419 e. The molecule has 0 aliphatic carbocycles. The number of ether oxygens (including phenoxy) is 1. The Bertz CT molecular complexity index is 707. The second kappa shape index (κ2) is 5.85. The number of fused-ring (bicyclic) bond motifs is 1. The smallest absolute Gasteiger partial charge is 0.408 e. The lowest BCUT2D eigenvalue weighted by molar-refractivity contribution is 0.0186. The second-order valence-electron chi connectivity index (χ2n) is 5.42. The minimum absolute atomic E-state index is 0.0255. The molecule has 112 valence electrons. The zero-order chi connectivity index (χ0) is 14.8. The second-order valence-corrected chi connectivity index (χ2v) is 5.42. The Balaban J connectivity index is 1.94. The molecule has 1 atom stereocenters. The zero-order valence-corrected chi connectivity index (χ0v) is 12.1. The lowest BCUT2D eigenvalue weighted by Gasteiger charge is -2.21. The average molecular weight is 289 g/mol. The first-order valence-corrected chi connectivity index (χ1v) is 7.50. The van der Waals surface area contributed by atoms with Crippen LogP contribution in [0.15, 0.2) is 27.4 Å². The van der Waals surface area contributed by atoms with Gasteiger partial charge >= 0.3 is 5.76 Å². The highest BCUT2D eigenvalue weighted by Gasteiger charge is 2.24. The van der Waals surface area contributed by atoms with Crippen molar-refractivity contribution in [1.29, 1.82) is 0 Å². The summed E-state index contributed by atoms with van der Waals surface area (Å²) in [6, 6.07) is 5.19. The van der Waals surface area contributed by atoms with Crippen molar-refractivity contribution in [3.63, 3.8) is 0 Å². The molecule has 21 heavy (non-hydrogen) atoms. The number of hydrogen-bond donors (Lipinski definition) is 0.